The van der Waals surface area contributed by atoms with E-state index in [1.807, 2.05) is 6.92 Å². The molecule has 0 fully saturated rings. The number of ketones is 2. The highest BCUT2D eigenvalue weighted by Crippen LogP contribution is 2.31. The van der Waals surface area contributed by atoms with Gasteiger partial charge in [0.25, 0.3) is 0 Å². The highest BCUT2D eigenvalue weighted by atomic mass is 16.3. The lowest BCUT2D eigenvalue weighted by Crippen LogP contribution is -2.23. The average Bonchev–Trinajstić information content (AvgIpc) is 2.54. The van der Waals surface area contributed by atoms with Crippen LogP contribution in [0.3, 0.4) is 0 Å². The van der Waals surface area contributed by atoms with E-state index in [0.717, 1.165) is 6.42 Å². The Balaban J connectivity index is 2.22. The molecule has 1 aliphatic rings. The number of hydrogen-bond acceptors (Lipinski definition) is 5. The van der Waals surface area contributed by atoms with Gasteiger partial charge in [0.15, 0.2) is 0 Å². The Bertz CT molecular complexity index is 736. The fourth-order valence-corrected chi connectivity index (χ4v) is 2.52. The second kappa shape index (κ2) is 5.18. The molecule has 1 unspecified atom stereocenters. The molecule has 5 heteroatoms. The molecule has 2 heterocycles. The number of pyridine rings is 2. The maximum absolute atomic E-state index is 12.1. The number of hydrogen-bond donors (Lipinski definition) is 1. The predicted octanol–water partition coefficient (Wildman–Crippen LogP) is 2.01. The van der Waals surface area contributed by atoms with E-state index in [1.54, 1.807) is 30.5 Å². The molecule has 0 amide bonds. The lowest BCUT2D eigenvalue weighted by molar-refractivity contribution is 0.0814. The molecule has 106 valence electrons. The number of nitrogens with zero attached hydrogens (tertiary/aromatic N) is 2. The van der Waals surface area contributed by atoms with Crippen molar-refractivity contribution in [3.8, 4) is 11.4 Å². The zero-order valence-corrected chi connectivity index (χ0v) is 11.5. The molecule has 0 radical (unpaired) electrons. The van der Waals surface area contributed by atoms with Crippen LogP contribution >= 0.6 is 0 Å². The van der Waals surface area contributed by atoms with Crippen LogP contribution in [0.5, 0.6) is 0 Å². The van der Waals surface area contributed by atoms with Gasteiger partial charge in [-0.1, -0.05) is 6.92 Å². The van der Waals surface area contributed by atoms with Gasteiger partial charge in [-0.15, -0.1) is 0 Å². The Morgan fingerprint density at radius 2 is 1.81 bits per heavy atom. The normalized spacial score (nSPS) is 14.6. The van der Waals surface area contributed by atoms with Gasteiger partial charge in [-0.05, 0) is 30.7 Å². The molecule has 2 aromatic rings. The molecule has 1 atom stereocenters. The van der Waals surface area contributed by atoms with Crippen molar-refractivity contribution >= 4 is 11.6 Å². The van der Waals surface area contributed by atoms with Gasteiger partial charge in [-0.2, -0.15) is 0 Å². The van der Waals surface area contributed by atoms with Crippen LogP contribution in [0.1, 0.15) is 45.7 Å². The van der Waals surface area contributed by atoms with Crippen molar-refractivity contribution in [2.24, 2.45) is 0 Å². The topological polar surface area (TPSA) is 80.2 Å². The van der Waals surface area contributed by atoms with Crippen molar-refractivity contribution in [3.05, 3.63) is 47.3 Å². The fraction of sp³-hybridized carbons (Fsp3) is 0.250. The largest absolute Gasteiger partial charge is 0.396 e. The summed E-state index contributed by atoms with van der Waals surface area (Å²) in [5.41, 5.74) is 2.14. The maximum Gasteiger partial charge on any atom is 0.235 e. The van der Waals surface area contributed by atoms with Crippen molar-refractivity contribution < 1.29 is 14.7 Å². The quantitative estimate of drug-likeness (QED) is 0.871. The van der Waals surface area contributed by atoms with Crippen LogP contribution in [0, 0.1) is 0 Å². The minimum Gasteiger partial charge on any atom is -0.396 e. The van der Waals surface area contributed by atoms with E-state index in [9.17, 15) is 14.7 Å². The third-order valence-corrected chi connectivity index (χ3v) is 3.78. The summed E-state index contributed by atoms with van der Waals surface area (Å²) in [7, 11) is 0. The molecule has 0 bridgehead atoms. The Hall–Kier alpha value is -2.40. The van der Waals surface area contributed by atoms with Gasteiger partial charge in [0.1, 0.15) is 11.4 Å². The number of aliphatic hydroxyl groups excluding tert-OH is 1. The van der Waals surface area contributed by atoms with Crippen LogP contribution in [-0.4, -0.2) is 33.2 Å². The van der Waals surface area contributed by atoms with E-state index in [2.05, 4.69) is 9.97 Å². The first-order valence-corrected chi connectivity index (χ1v) is 6.83. The molecule has 21 heavy (non-hydrogen) atoms. The molecule has 0 spiro atoms. The van der Waals surface area contributed by atoms with E-state index in [1.165, 1.54) is 0 Å². The molecular weight excluding hydrogens is 268 g/mol. The van der Waals surface area contributed by atoms with E-state index < -0.39 is 11.6 Å². The van der Waals surface area contributed by atoms with Crippen LogP contribution in [0.25, 0.3) is 11.4 Å². The number of aliphatic hydroxyl groups is 1. The number of carbonyl (C=O) groups excluding carboxylic acids is 2. The third-order valence-electron chi connectivity index (χ3n) is 3.78. The van der Waals surface area contributed by atoms with Gasteiger partial charge in [0.2, 0.25) is 11.6 Å². The molecule has 0 aliphatic heterocycles. The number of carbonyl (C=O) groups is 2. The SMILES string of the molecule is CCC(CO)c1ccc2c(n1)-c1ncccc1C(=O)C2=O. The average molecular weight is 282 g/mol. The molecule has 0 saturated carbocycles. The summed E-state index contributed by atoms with van der Waals surface area (Å²) in [4.78, 5) is 32.9. The predicted molar refractivity (Wildman–Crippen MR) is 76.2 cm³/mol. The van der Waals surface area contributed by atoms with E-state index >= 15 is 0 Å². The first-order chi connectivity index (χ1) is 10.2. The van der Waals surface area contributed by atoms with Gasteiger partial charge in [0.05, 0.1) is 17.7 Å². The first kappa shape index (κ1) is 13.6. The molecule has 1 N–H and O–H groups in total. The van der Waals surface area contributed by atoms with Gasteiger partial charge >= 0.3 is 0 Å². The standard InChI is InChI=1S/C16H14N2O3/c1-2-9(8-19)12-6-5-11-14(18-12)13-10(4-3-7-17-13)15(20)16(11)21/h3-7,9,19H,2,8H2,1H3. The van der Waals surface area contributed by atoms with Crippen LogP contribution in [0.4, 0.5) is 0 Å². The summed E-state index contributed by atoms with van der Waals surface area (Å²) in [6.07, 6.45) is 2.31. The third kappa shape index (κ3) is 2.06. The van der Waals surface area contributed by atoms with E-state index in [4.69, 9.17) is 0 Å². The Labute approximate surface area is 121 Å². The van der Waals surface area contributed by atoms with Crippen molar-refractivity contribution in [3.63, 3.8) is 0 Å². The molecule has 0 aromatic carbocycles. The molecule has 1 aliphatic carbocycles. The second-order valence-corrected chi connectivity index (χ2v) is 4.98. The van der Waals surface area contributed by atoms with Crippen LogP contribution in [-0.2, 0) is 0 Å². The smallest absolute Gasteiger partial charge is 0.235 e. The minimum atomic E-state index is -0.554. The van der Waals surface area contributed by atoms with Gasteiger partial charge in [-0.3, -0.25) is 14.6 Å². The van der Waals surface area contributed by atoms with Crippen molar-refractivity contribution in [1.82, 2.24) is 9.97 Å². The zero-order valence-electron chi connectivity index (χ0n) is 11.5. The molecule has 0 saturated heterocycles. The zero-order chi connectivity index (χ0) is 15.0. The lowest BCUT2D eigenvalue weighted by Gasteiger charge is -2.18. The van der Waals surface area contributed by atoms with Crippen molar-refractivity contribution in [1.29, 1.82) is 0 Å². The fourth-order valence-electron chi connectivity index (χ4n) is 2.52. The molecule has 2 aromatic heterocycles. The Morgan fingerprint density at radius 1 is 1.10 bits per heavy atom. The highest BCUT2D eigenvalue weighted by Gasteiger charge is 2.32. The summed E-state index contributed by atoms with van der Waals surface area (Å²) < 4.78 is 0. The van der Waals surface area contributed by atoms with E-state index in [-0.39, 0.29) is 23.7 Å². The summed E-state index contributed by atoms with van der Waals surface area (Å²) >= 11 is 0. The molecule has 5 nitrogen and oxygen atoms in total. The lowest BCUT2D eigenvalue weighted by atomic mass is 9.89. The van der Waals surface area contributed by atoms with Gasteiger partial charge in [-0.25, -0.2) is 4.98 Å². The van der Waals surface area contributed by atoms with E-state index in [0.29, 0.717) is 17.1 Å². The molecule has 3 rings (SSSR count). The second-order valence-electron chi connectivity index (χ2n) is 4.98. The highest BCUT2D eigenvalue weighted by molar-refractivity contribution is 6.52. The monoisotopic (exact) mass is 282 g/mol. The number of aromatic nitrogens is 2. The molecular formula is C16H14N2O3. The van der Waals surface area contributed by atoms with Crippen LogP contribution in [0.2, 0.25) is 0 Å². The first-order valence-electron chi connectivity index (χ1n) is 6.83. The van der Waals surface area contributed by atoms with Crippen molar-refractivity contribution in [2.45, 2.75) is 19.3 Å². The summed E-state index contributed by atoms with van der Waals surface area (Å²) in [6, 6.07) is 6.51. The number of Topliss-reactive ketones (excluding diaryl/α,β-unsaturated/α-hetero) is 2. The summed E-state index contributed by atoms with van der Waals surface area (Å²) in [5, 5.41) is 9.40. The maximum atomic E-state index is 12.1. The minimum absolute atomic E-state index is 0.00968. The van der Waals surface area contributed by atoms with Crippen molar-refractivity contribution in [2.75, 3.05) is 6.61 Å². The summed E-state index contributed by atoms with van der Waals surface area (Å²) in [6.45, 7) is 1.95. The Morgan fingerprint density at radius 3 is 2.48 bits per heavy atom. The summed E-state index contributed by atoms with van der Waals surface area (Å²) in [5.74, 6) is -1.19. The number of rotatable bonds is 3. The van der Waals surface area contributed by atoms with Gasteiger partial charge in [0, 0.05) is 17.8 Å². The number of fused-ring (bicyclic) bond motifs is 3. The van der Waals surface area contributed by atoms with Crippen LogP contribution < -0.4 is 0 Å². The Kier molecular flexibility index (Phi) is 3.35. The van der Waals surface area contributed by atoms with Gasteiger partial charge < -0.3 is 5.11 Å². The van der Waals surface area contributed by atoms with Crippen LogP contribution in [0.15, 0.2) is 30.5 Å².